The molecule has 0 aliphatic carbocycles. The fourth-order valence-electron chi connectivity index (χ4n) is 0.858. The van der Waals surface area contributed by atoms with Crippen LogP contribution in [0.25, 0.3) is 0 Å². The summed E-state index contributed by atoms with van der Waals surface area (Å²) in [6.45, 7) is 6.10. The van der Waals surface area contributed by atoms with Crippen molar-refractivity contribution in [1.29, 1.82) is 0 Å². The predicted molar refractivity (Wildman–Crippen MR) is 68.8 cm³/mol. The first kappa shape index (κ1) is 12.9. The average molecular weight is 214 g/mol. The van der Waals surface area contributed by atoms with Crippen LogP contribution in [-0.4, -0.2) is 24.0 Å². The van der Waals surface area contributed by atoms with Gasteiger partial charge in [0.15, 0.2) is 0 Å². The summed E-state index contributed by atoms with van der Waals surface area (Å²) in [5.74, 6) is 2.13. The van der Waals surface area contributed by atoms with Gasteiger partial charge in [-0.25, -0.2) is 0 Å². The Balaban J connectivity index is 3.84. The van der Waals surface area contributed by atoms with Crippen molar-refractivity contribution in [2.24, 2.45) is 0 Å². The molecule has 0 nitrogen and oxygen atoms in total. The van der Waals surface area contributed by atoms with Crippen LogP contribution in [0.1, 0.15) is 6.92 Å². The van der Waals surface area contributed by atoms with Gasteiger partial charge in [0.05, 0.1) is 0 Å². The van der Waals surface area contributed by atoms with Crippen molar-refractivity contribution in [3.8, 4) is 0 Å². The quantitative estimate of drug-likeness (QED) is 0.617. The lowest BCUT2D eigenvalue weighted by molar-refractivity contribution is 1.41. The van der Waals surface area contributed by atoms with E-state index in [4.69, 9.17) is 0 Å². The van der Waals surface area contributed by atoms with Crippen LogP contribution in [0.5, 0.6) is 0 Å². The van der Waals surface area contributed by atoms with Gasteiger partial charge in [-0.15, -0.1) is 0 Å². The van der Waals surface area contributed by atoms with Gasteiger partial charge < -0.3 is 0 Å². The Morgan fingerprint density at radius 2 is 1.85 bits per heavy atom. The number of thioether (sulfide) groups is 2. The van der Waals surface area contributed by atoms with Crippen LogP contribution in [0.3, 0.4) is 0 Å². The maximum atomic E-state index is 3.95. The normalized spacial score (nSPS) is 12.4. The summed E-state index contributed by atoms with van der Waals surface area (Å²) in [5.41, 5.74) is 2.58. The molecule has 0 amide bonds. The maximum Gasteiger partial charge on any atom is 0.0175 e. The SMILES string of the molecule is C=C(/C=C\C=C(/C)CSC)CSC. The summed E-state index contributed by atoms with van der Waals surface area (Å²) >= 11 is 3.65. The van der Waals surface area contributed by atoms with Gasteiger partial charge in [-0.2, -0.15) is 23.5 Å². The molecule has 0 radical (unpaired) electrons. The highest BCUT2D eigenvalue weighted by atomic mass is 32.2. The van der Waals surface area contributed by atoms with Crippen molar-refractivity contribution >= 4 is 23.5 Å². The van der Waals surface area contributed by atoms with Crippen LogP contribution in [0.4, 0.5) is 0 Å². The van der Waals surface area contributed by atoms with E-state index < -0.39 is 0 Å². The van der Waals surface area contributed by atoms with Gasteiger partial charge in [-0.05, 0) is 25.0 Å². The minimum atomic E-state index is 1.02. The molecular weight excluding hydrogens is 196 g/mol. The summed E-state index contributed by atoms with van der Waals surface area (Å²) in [4.78, 5) is 0. The Morgan fingerprint density at radius 3 is 2.38 bits per heavy atom. The predicted octanol–water partition coefficient (Wildman–Crippen LogP) is 3.77. The molecule has 0 unspecified atom stereocenters. The van der Waals surface area contributed by atoms with Gasteiger partial charge in [-0.3, -0.25) is 0 Å². The largest absolute Gasteiger partial charge is 0.161 e. The van der Waals surface area contributed by atoms with E-state index in [1.807, 2.05) is 11.8 Å². The molecule has 0 heterocycles. The van der Waals surface area contributed by atoms with E-state index in [1.165, 1.54) is 11.1 Å². The zero-order valence-electron chi connectivity index (χ0n) is 8.67. The van der Waals surface area contributed by atoms with Crippen LogP contribution >= 0.6 is 23.5 Å². The molecule has 0 fully saturated rings. The minimum Gasteiger partial charge on any atom is -0.161 e. The van der Waals surface area contributed by atoms with Crippen molar-refractivity contribution in [2.75, 3.05) is 24.0 Å². The standard InChI is InChI=1S/C11H18S2/c1-10(8-12-3)6-5-7-11(2)9-13-4/h5-7H,1,8-9H2,2-4H3/b6-5-,11-7+. The summed E-state index contributed by atoms with van der Waals surface area (Å²) in [6.07, 6.45) is 10.5. The fraction of sp³-hybridized carbons (Fsp3) is 0.455. The third-order valence-electron chi connectivity index (χ3n) is 1.41. The summed E-state index contributed by atoms with van der Waals surface area (Å²) in [5, 5.41) is 0. The monoisotopic (exact) mass is 214 g/mol. The van der Waals surface area contributed by atoms with Crippen molar-refractivity contribution in [3.63, 3.8) is 0 Å². The third-order valence-corrected chi connectivity index (χ3v) is 2.82. The number of hydrogen-bond donors (Lipinski definition) is 0. The van der Waals surface area contributed by atoms with Crippen molar-refractivity contribution in [1.82, 2.24) is 0 Å². The van der Waals surface area contributed by atoms with E-state index in [2.05, 4.69) is 44.2 Å². The smallest absolute Gasteiger partial charge is 0.0175 e. The highest BCUT2D eigenvalue weighted by molar-refractivity contribution is 7.98. The maximum absolute atomic E-state index is 3.95. The number of hydrogen-bond acceptors (Lipinski definition) is 2. The van der Waals surface area contributed by atoms with E-state index in [-0.39, 0.29) is 0 Å². The van der Waals surface area contributed by atoms with E-state index in [1.54, 1.807) is 11.8 Å². The Bertz CT molecular complexity index is 202. The second-order valence-corrected chi connectivity index (χ2v) is 4.63. The molecule has 2 heteroatoms. The molecular formula is C11H18S2. The Labute approximate surface area is 90.6 Å². The number of rotatable bonds is 6. The van der Waals surface area contributed by atoms with Crippen LogP contribution in [0.15, 0.2) is 36.0 Å². The van der Waals surface area contributed by atoms with Gasteiger partial charge >= 0.3 is 0 Å². The lowest BCUT2D eigenvalue weighted by atomic mass is 10.2. The van der Waals surface area contributed by atoms with Gasteiger partial charge in [0.2, 0.25) is 0 Å². The first-order valence-corrected chi connectivity index (χ1v) is 6.99. The molecule has 0 N–H and O–H groups in total. The van der Waals surface area contributed by atoms with Gasteiger partial charge in [0.1, 0.15) is 0 Å². The van der Waals surface area contributed by atoms with Crippen LogP contribution in [-0.2, 0) is 0 Å². The van der Waals surface area contributed by atoms with E-state index >= 15 is 0 Å². The highest BCUT2D eigenvalue weighted by Gasteiger charge is 1.86. The lowest BCUT2D eigenvalue weighted by Gasteiger charge is -1.95. The lowest BCUT2D eigenvalue weighted by Crippen LogP contribution is -1.80. The molecule has 0 aromatic heterocycles. The summed E-state index contributed by atoms with van der Waals surface area (Å²) in [6, 6.07) is 0. The highest BCUT2D eigenvalue weighted by Crippen LogP contribution is 2.05. The van der Waals surface area contributed by atoms with E-state index in [9.17, 15) is 0 Å². The first-order chi connectivity index (χ1) is 6.20. The molecule has 0 saturated heterocycles. The van der Waals surface area contributed by atoms with Crippen molar-refractivity contribution in [2.45, 2.75) is 6.92 Å². The summed E-state index contributed by atoms with van der Waals surface area (Å²) in [7, 11) is 0. The molecule has 13 heavy (non-hydrogen) atoms. The second kappa shape index (κ2) is 8.52. The molecule has 0 aliphatic heterocycles. The second-order valence-electron chi connectivity index (χ2n) is 2.90. The van der Waals surface area contributed by atoms with Crippen molar-refractivity contribution in [3.05, 3.63) is 36.0 Å². The average Bonchev–Trinajstić information content (AvgIpc) is 2.05. The third kappa shape index (κ3) is 8.26. The molecule has 74 valence electrons. The van der Waals surface area contributed by atoms with Crippen LogP contribution in [0, 0.1) is 0 Å². The zero-order chi connectivity index (χ0) is 10.1. The molecule has 0 saturated carbocycles. The van der Waals surface area contributed by atoms with E-state index in [0.717, 1.165) is 11.5 Å². The van der Waals surface area contributed by atoms with Crippen molar-refractivity contribution < 1.29 is 0 Å². The fourth-order valence-corrected chi connectivity index (χ4v) is 1.88. The van der Waals surface area contributed by atoms with E-state index in [0.29, 0.717) is 0 Å². The zero-order valence-corrected chi connectivity index (χ0v) is 10.3. The molecule has 0 bridgehead atoms. The Morgan fingerprint density at radius 1 is 1.23 bits per heavy atom. The topological polar surface area (TPSA) is 0 Å². The Kier molecular flexibility index (Phi) is 8.46. The van der Waals surface area contributed by atoms with Crippen LogP contribution in [0.2, 0.25) is 0 Å². The number of allylic oxidation sites excluding steroid dienone is 3. The minimum absolute atomic E-state index is 1.02. The van der Waals surface area contributed by atoms with Crippen LogP contribution < -0.4 is 0 Å². The van der Waals surface area contributed by atoms with Gasteiger partial charge in [0.25, 0.3) is 0 Å². The van der Waals surface area contributed by atoms with Gasteiger partial charge in [0, 0.05) is 11.5 Å². The molecule has 0 aromatic rings. The van der Waals surface area contributed by atoms with Gasteiger partial charge in [-0.1, -0.05) is 30.4 Å². The molecule has 0 atom stereocenters. The molecule has 0 rings (SSSR count). The first-order valence-electron chi connectivity index (χ1n) is 4.20. The molecule has 0 spiro atoms. The Hall–Kier alpha value is -0.0800. The molecule has 0 aliphatic rings. The molecule has 0 aromatic carbocycles. The summed E-state index contributed by atoms with van der Waals surface area (Å²) < 4.78 is 0.